The van der Waals surface area contributed by atoms with E-state index >= 15 is 0 Å². The van der Waals surface area contributed by atoms with Crippen molar-refractivity contribution in [1.29, 1.82) is 0 Å². The molecule has 5 heteroatoms. The van der Waals surface area contributed by atoms with Crippen molar-refractivity contribution in [2.24, 2.45) is 0 Å². The molecule has 5 rings (SSSR count). The molecular weight excluding hydrogens is 410 g/mol. The molecule has 0 bridgehead atoms. The van der Waals surface area contributed by atoms with Crippen molar-refractivity contribution in [2.45, 2.75) is 51.6 Å². The van der Waals surface area contributed by atoms with Crippen molar-refractivity contribution < 1.29 is 9.53 Å². The van der Waals surface area contributed by atoms with Gasteiger partial charge in [0.25, 0.3) is 0 Å². The number of ether oxygens (including phenoxy) is 1. The summed E-state index contributed by atoms with van der Waals surface area (Å²) in [5.41, 5.74) is 5.25. The van der Waals surface area contributed by atoms with E-state index in [1.165, 1.54) is 41.5 Å². The van der Waals surface area contributed by atoms with Gasteiger partial charge < -0.3 is 9.64 Å². The van der Waals surface area contributed by atoms with Gasteiger partial charge in [-0.3, -0.25) is 14.6 Å². The van der Waals surface area contributed by atoms with E-state index in [-0.39, 0.29) is 0 Å². The first-order valence-corrected chi connectivity index (χ1v) is 12.8. The highest BCUT2D eigenvalue weighted by Crippen LogP contribution is 2.28. The molecule has 1 saturated carbocycles. The number of rotatable bonds is 7. The molecule has 0 atom stereocenters. The topological polar surface area (TPSA) is 36.0 Å². The number of piperazine rings is 1. The number of fused-ring (bicyclic) bond motifs is 1. The monoisotopic (exact) mass is 447 g/mol. The van der Waals surface area contributed by atoms with E-state index in [2.05, 4.69) is 64.1 Å². The zero-order valence-electron chi connectivity index (χ0n) is 20.0. The molecule has 2 aliphatic heterocycles. The zero-order chi connectivity index (χ0) is 22.6. The van der Waals surface area contributed by atoms with Crippen LogP contribution >= 0.6 is 0 Å². The number of carbonyl (C=O) groups is 1. The minimum atomic E-state index is 0.300. The van der Waals surface area contributed by atoms with Gasteiger partial charge in [-0.05, 0) is 60.1 Å². The normalized spacial score (nSPS) is 19.7. The Kier molecular flexibility index (Phi) is 6.98. The minimum Gasteiger partial charge on any atom is -0.494 e. The third-order valence-electron chi connectivity index (χ3n) is 7.58. The van der Waals surface area contributed by atoms with E-state index in [1.807, 2.05) is 0 Å². The number of benzene rings is 2. The van der Waals surface area contributed by atoms with Crippen LogP contribution in [-0.2, 0) is 17.8 Å². The van der Waals surface area contributed by atoms with E-state index in [9.17, 15) is 4.79 Å². The van der Waals surface area contributed by atoms with Crippen molar-refractivity contribution in [3.8, 4) is 16.9 Å². The summed E-state index contributed by atoms with van der Waals surface area (Å²) in [5, 5.41) is 0. The van der Waals surface area contributed by atoms with Gasteiger partial charge in [0.1, 0.15) is 5.75 Å². The van der Waals surface area contributed by atoms with Gasteiger partial charge in [0.05, 0.1) is 13.2 Å². The van der Waals surface area contributed by atoms with Gasteiger partial charge in [-0.25, -0.2) is 0 Å². The van der Waals surface area contributed by atoms with Crippen LogP contribution in [0, 0.1) is 0 Å². The first-order valence-electron chi connectivity index (χ1n) is 12.8. The molecule has 2 aromatic rings. The molecule has 3 aliphatic rings. The molecule has 5 nitrogen and oxygen atoms in total. The van der Waals surface area contributed by atoms with Gasteiger partial charge in [0.15, 0.2) is 0 Å². The molecule has 1 amide bonds. The highest BCUT2D eigenvalue weighted by molar-refractivity contribution is 5.78. The van der Waals surface area contributed by atoms with E-state index in [0.29, 0.717) is 12.5 Å². The quantitative estimate of drug-likeness (QED) is 0.638. The number of hydrogen-bond donors (Lipinski definition) is 0. The van der Waals surface area contributed by atoms with Crippen LogP contribution in [0.1, 0.15) is 43.7 Å². The fraction of sp³-hybridized carbons (Fsp3) is 0.536. The maximum absolute atomic E-state index is 12.9. The Labute approximate surface area is 198 Å². The Morgan fingerprint density at radius 3 is 2.39 bits per heavy atom. The van der Waals surface area contributed by atoms with Gasteiger partial charge in [-0.2, -0.15) is 0 Å². The number of nitrogens with zero attached hydrogens (tertiary/aromatic N) is 3. The summed E-state index contributed by atoms with van der Waals surface area (Å²) in [7, 11) is 0. The lowest BCUT2D eigenvalue weighted by molar-refractivity contribution is -0.135. The number of hydrogen-bond acceptors (Lipinski definition) is 4. The van der Waals surface area contributed by atoms with Crippen LogP contribution < -0.4 is 4.74 Å². The Morgan fingerprint density at radius 1 is 0.939 bits per heavy atom. The predicted molar refractivity (Wildman–Crippen MR) is 132 cm³/mol. The molecule has 1 saturated heterocycles. The molecule has 2 heterocycles. The molecule has 33 heavy (non-hydrogen) atoms. The van der Waals surface area contributed by atoms with Crippen molar-refractivity contribution >= 4 is 5.91 Å². The maximum Gasteiger partial charge on any atom is 0.236 e. The first-order chi connectivity index (χ1) is 16.2. The van der Waals surface area contributed by atoms with Crippen molar-refractivity contribution in [1.82, 2.24) is 14.7 Å². The van der Waals surface area contributed by atoms with Crippen LogP contribution in [0.2, 0.25) is 0 Å². The number of amides is 1. The van der Waals surface area contributed by atoms with Crippen molar-refractivity contribution in [2.75, 3.05) is 45.9 Å². The second-order valence-corrected chi connectivity index (χ2v) is 9.82. The van der Waals surface area contributed by atoms with Crippen LogP contribution in [-0.4, -0.2) is 72.5 Å². The predicted octanol–water partition coefficient (Wildman–Crippen LogP) is 4.20. The maximum atomic E-state index is 12.9. The summed E-state index contributed by atoms with van der Waals surface area (Å²) in [5.74, 6) is 1.23. The van der Waals surface area contributed by atoms with Gasteiger partial charge in [-0.15, -0.1) is 0 Å². The summed E-state index contributed by atoms with van der Waals surface area (Å²) >= 11 is 0. The smallest absolute Gasteiger partial charge is 0.236 e. The molecule has 0 unspecified atom stereocenters. The van der Waals surface area contributed by atoms with Crippen molar-refractivity contribution in [3.63, 3.8) is 0 Å². The van der Waals surface area contributed by atoms with Crippen LogP contribution in [0.5, 0.6) is 5.75 Å². The molecule has 0 N–H and O–H groups in total. The van der Waals surface area contributed by atoms with E-state index < -0.39 is 0 Å². The molecule has 1 aliphatic carbocycles. The van der Waals surface area contributed by atoms with Gasteiger partial charge >= 0.3 is 0 Å². The Bertz CT molecular complexity index is 946. The molecule has 176 valence electrons. The van der Waals surface area contributed by atoms with Gasteiger partial charge in [0.2, 0.25) is 5.91 Å². The van der Waals surface area contributed by atoms with Crippen LogP contribution in [0.15, 0.2) is 42.5 Å². The van der Waals surface area contributed by atoms with E-state index in [1.54, 1.807) is 0 Å². The average Bonchev–Trinajstić information content (AvgIpc) is 2.82. The number of carbonyl (C=O) groups excluding carboxylic acids is 1. The summed E-state index contributed by atoms with van der Waals surface area (Å²) in [6, 6.07) is 16.0. The second-order valence-electron chi connectivity index (χ2n) is 9.82. The molecule has 2 aromatic carbocycles. The largest absolute Gasteiger partial charge is 0.494 e. The minimum absolute atomic E-state index is 0.300. The summed E-state index contributed by atoms with van der Waals surface area (Å²) in [6.07, 6.45) is 6.10. The molecule has 0 radical (unpaired) electrons. The first kappa shape index (κ1) is 22.4. The van der Waals surface area contributed by atoms with Crippen LogP contribution in [0.4, 0.5) is 0 Å². The lowest BCUT2D eigenvalue weighted by Gasteiger charge is -2.43. The standard InChI is InChI=1S/C28H37N3O2/c1-2-18-33-27-10-8-22(9-11-27)23-6-7-25-20-29(13-12-24(25)19-23)21-28(32)31-16-14-30(15-17-31)26-4-3-5-26/h6-11,19,26H,2-5,12-18,20-21H2,1H3. The molecule has 2 fully saturated rings. The lowest BCUT2D eigenvalue weighted by atomic mass is 9.91. The van der Waals surface area contributed by atoms with E-state index in [0.717, 1.165) is 70.5 Å². The SMILES string of the molecule is CCCOc1ccc(-c2ccc3c(c2)CCN(CC(=O)N2CCN(C4CCC4)CC2)C3)cc1. The lowest BCUT2D eigenvalue weighted by Crippen LogP contribution is -2.55. The summed E-state index contributed by atoms with van der Waals surface area (Å²) in [4.78, 5) is 19.9. The molecule has 0 spiro atoms. The van der Waals surface area contributed by atoms with Gasteiger partial charge in [0, 0.05) is 45.3 Å². The Balaban J connectivity index is 1.15. The fourth-order valence-electron chi connectivity index (χ4n) is 5.27. The Hall–Kier alpha value is -2.37. The van der Waals surface area contributed by atoms with Crippen molar-refractivity contribution in [3.05, 3.63) is 53.6 Å². The summed E-state index contributed by atoms with van der Waals surface area (Å²) in [6.45, 7) is 9.13. The van der Waals surface area contributed by atoms with Gasteiger partial charge in [-0.1, -0.05) is 43.7 Å². The van der Waals surface area contributed by atoms with Crippen LogP contribution in [0.25, 0.3) is 11.1 Å². The molecular formula is C28H37N3O2. The van der Waals surface area contributed by atoms with Crippen LogP contribution in [0.3, 0.4) is 0 Å². The Morgan fingerprint density at radius 2 is 1.70 bits per heavy atom. The second kappa shape index (κ2) is 10.3. The highest BCUT2D eigenvalue weighted by atomic mass is 16.5. The third kappa shape index (κ3) is 5.25. The zero-order valence-corrected chi connectivity index (χ0v) is 20.0. The fourth-order valence-corrected chi connectivity index (χ4v) is 5.27. The third-order valence-corrected chi connectivity index (χ3v) is 7.58. The summed E-state index contributed by atoms with van der Waals surface area (Å²) < 4.78 is 5.71. The molecule has 0 aromatic heterocycles. The highest BCUT2D eigenvalue weighted by Gasteiger charge is 2.30. The van der Waals surface area contributed by atoms with E-state index in [4.69, 9.17) is 4.74 Å². The average molecular weight is 448 g/mol.